The number of rotatable bonds is 8. The van der Waals surface area contributed by atoms with Crippen molar-refractivity contribution in [2.24, 2.45) is 0 Å². The number of carbonyl (C=O) groups excluding carboxylic acids is 1. The number of hydrogen-bond donors (Lipinski definition) is 1. The molecule has 0 bridgehead atoms. The first-order valence-electron chi connectivity index (χ1n) is 14.3. The number of nitriles is 1. The van der Waals surface area contributed by atoms with Crippen LogP contribution in [-0.4, -0.2) is 96.0 Å². The normalized spacial score (nSPS) is 15.8. The highest BCUT2D eigenvalue weighted by Gasteiger charge is 2.30. The number of nitrogens with zero attached hydrogens (tertiary/aromatic N) is 7. The standard InChI is InChI=1S/C31H31F2N7O3S/c1-36(31-35-29(27(15-34)44-31)20-2-4-21(33)5-3-20)26-18-39(9-8-32)30(43)24-7-6-22(14-25(24)26)38-12-10-37(11-13-38)19-28(42)40-16-23(41)17-40/h2-7,14,18,23,41H,8-13,16-17,19H2,1H3. The van der Waals surface area contributed by atoms with Crippen LogP contribution in [0.3, 0.4) is 0 Å². The van der Waals surface area contributed by atoms with Crippen molar-refractivity contribution in [1.29, 1.82) is 5.26 Å². The summed E-state index contributed by atoms with van der Waals surface area (Å²) < 4.78 is 28.3. The molecule has 0 unspecified atom stereocenters. The van der Waals surface area contributed by atoms with Crippen molar-refractivity contribution in [3.63, 3.8) is 0 Å². The van der Waals surface area contributed by atoms with E-state index in [1.165, 1.54) is 28.0 Å². The zero-order valence-corrected chi connectivity index (χ0v) is 24.9. The predicted octanol–water partition coefficient (Wildman–Crippen LogP) is 3.20. The molecule has 13 heteroatoms. The molecule has 228 valence electrons. The first-order chi connectivity index (χ1) is 21.2. The smallest absolute Gasteiger partial charge is 0.258 e. The Hall–Kier alpha value is -4.38. The maximum Gasteiger partial charge on any atom is 0.258 e. The fraction of sp³-hybridized carbons (Fsp3) is 0.355. The molecule has 2 aliphatic heterocycles. The number of fused-ring (bicyclic) bond motifs is 1. The molecule has 0 radical (unpaired) electrons. The summed E-state index contributed by atoms with van der Waals surface area (Å²) in [5.41, 5.74) is 2.28. The zero-order valence-electron chi connectivity index (χ0n) is 24.1. The largest absolute Gasteiger partial charge is 0.389 e. The van der Waals surface area contributed by atoms with Crippen LogP contribution >= 0.6 is 11.3 Å². The number of likely N-dealkylation sites (tertiary alicyclic amines) is 1. The number of anilines is 3. The van der Waals surface area contributed by atoms with Crippen LogP contribution in [-0.2, 0) is 11.3 Å². The van der Waals surface area contributed by atoms with Gasteiger partial charge in [-0.25, -0.2) is 13.8 Å². The van der Waals surface area contributed by atoms with Gasteiger partial charge in [-0.15, -0.1) is 0 Å². The average molecular weight is 620 g/mol. The van der Waals surface area contributed by atoms with Crippen molar-refractivity contribution in [3.8, 4) is 17.3 Å². The molecule has 4 aromatic rings. The molecule has 0 aliphatic carbocycles. The molecule has 10 nitrogen and oxygen atoms in total. The van der Waals surface area contributed by atoms with E-state index in [2.05, 4.69) is 15.9 Å². The molecule has 1 N–H and O–H groups in total. The molecule has 44 heavy (non-hydrogen) atoms. The molecule has 0 spiro atoms. The van der Waals surface area contributed by atoms with Gasteiger partial charge in [0, 0.05) is 74.5 Å². The van der Waals surface area contributed by atoms with E-state index in [-0.39, 0.29) is 23.8 Å². The van der Waals surface area contributed by atoms with Gasteiger partial charge in [-0.1, -0.05) is 11.3 Å². The topological polar surface area (TPSA) is 109 Å². The number of aromatic nitrogens is 2. The van der Waals surface area contributed by atoms with Crippen LogP contribution in [0.15, 0.2) is 53.5 Å². The Labute approximate surface area is 256 Å². The van der Waals surface area contributed by atoms with Gasteiger partial charge in [0.25, 0.3) is 5.56 Å². The number of benzene rings is 2. The van der Waals surface area contributed by atoms with Crippen LogP contribution in [0.4, 0.5) is 25.3 Å². The van der Waals surface area contributed by atoms with Gasteiger partial charge >= 0.3 is 0 Å². The number of carbonyl (C=O) groups is 1. The summed E-state index contributed by atoms with van der Waals surface area (Å²) in [6.07, 6.45) is 1.20. The lowest BCUT2D eigenvalue weighted by molar-refractivity contribution is -0.142. The minimum atomic E-state index is -0.706. The van der Waals surface area contributed by atoms with E-state index < -0.39 is 12.8 Å². The molecular weight excluding hydrogens is 588 g/mol. The summed E-state index contributed by atoms with van der Waals surface area (Å²) in [5.74, 6) is -0.365. The minimum absolute atomic E-state index is 0.0241. The van der Waals surface area contributed by atoms with Crippen LogP contribution in [0.2, 0.25) is 0 Å². The van der Waals surface area contributed by atoms with E-state index in [1.807, 2.05) is 12.1 Å². The number of pyridine rings is 1. The second-order valence-electron chi connectivity index (χ2n) is 11.0. The molecule has 0 atom stereocenters. The molecule has 2 fully saturated rings. The van der Waals surface area contributed by atoms with E-state index in [0.29, 0.717) is 83.5 Å². The number of aliphatic hydroxyl groups is 1. The molecule has 6 rings (SSSR count). The van der Waals surface area contributed by atoms with Gasteiger partial charge in [0.2, 0.25) is 5.91 Å². The maximum absolute atomic E-state index is 13.5. The van der Waals surface area contributed by atoms with Crippen LogP contribution in [0.1, 0.15) is 4.88 Å². The van der Waals surface area contributed by atoms with Gasteiger partial charge in [0.15, 0.2) is 5.13 Å². The number of aliphatic hydroxyl groups excluding tert-OH is 1. The number of amides is 1. The van der Waals surface area contributed by atoms with Gasteiger partial charge in [-0.3, -0.25) is 14.5 Å². The number of thiazole rings is 1. The highest BCUT2D eigenvalue weighted by atomic mass is 32.1. The second-order valence-corrected chi connectivity index (χ2v) is 12.0. The van der Waals surface area contributed by atoms with Gasteiger partial charge in [-0.05, 0) is 42.5 Å². The van der Waals surface area contributed by atoms with Crippen molar-refractivity contribution in [2.45, 2.75) is 12.6 Å². The summed E-state index contributed by atoms with van der Waals surface area (Å²) >= 11 is 1.18. The molecule has 2 saturated heterocycles. The number of halogens is 2. The first kappa shape index (κ1) is 29.7. The van der Waals surface area contributed by atoms with Crippen molar-refractivity contribution >= 4 is 44.5 Å². The minimum Gasteiger partial charge on any atom is -0.389 e. The summed E-state index contributed by atoms with van der Waals surface area (Å²) in [4.78, 5) is 38.6. The molecule has 0 saturated carbocycles. The summed E-state index contributed by atoms with van der Waals surface area (Å²) in [7, 11) is 1.78. The van der Waals surface area contributed by atoms with Crippen LogP contribution in [0.25, 0.3) is 22.0 Å². The molecule has 2 aliphatic rings. The fourth-order valence-corrected chi connectivity index (χ4v) is 6.49. The Morgan fingerprint density at radius 3 is 2.52 bits per heavy atom. The molecule has 2 aromatic carbocycles. The summed E-state index contributed by atoms with van der Waals surface area (Å²) in [6, 6.07) is 13.6. The van der Waals surface area contributed by atoms with Crippen LogP contribution < -0.4 is 15.4 Å². The van der Waals surface area contributed by atoms with Gasteiger partial charge in [-0.2, -0.15) is 5.26 Å². The third-order valence-electron chi connectivity index (χ3n) is 8.17. The fourth-order valence-electron chi connectivity index (χ4n) is 5.63. The third kappa shape index (κ3) is 5.76. The van der Waals surface area contributed by atoms with Crippen LogP contribution in [0, 0.1) is 17.1 Å². The lowest BCUT2D eigenvalue weighted by atomic mass is 10.1. The Bertz CT molecular complexity index is 1790. The average Bonchev–Trinajstić information content (AvgIpc) is 3.46. The molecule has 1 amide bonds. The summed E-state index contributed by atoms with van der Waals surface area (Å²) in [5, 5.41) is 20.9. The first-order valence-corrected chi connectivity index (χ1v) is 15.1. The Morgan fingerprint density at radius 2 is 1.86 bits per heavy atom. The second kappa shape index (κ2) is 12.3. The van der Waals surface area contributed by atoms with Gasteiger partial charge in [0.05, 0.1) is 24.9 Å². The van der Waals surface area contributed by atoms with Crippen molar-refractivity contribution in [2.75, 3.05) is 69.3 Å². The SMILES string of the molecule is CN(c1nc(-c2ccc(F)cc2)c(C#N)s1)c1cn(CCF)c(=O)c2ccc(N3CCN(CC(=O)N4CC(O)C4)CC3)cc12. The van der Waals surface area contributed by atoms with E-state index in [0.717, 1.165) is 5.69 Å². The van der Waals surface area contributed by atoms with Gasteiger partial charge in [0.1, 0.15) is 29.1 Å². The van der Waals surface area contributed by atoms with E-state index >= 15 is 0 Å². The summed E-state index contributed by atoms with van der Waals surface area (Å²) in [6.45, 7) is 3.05. The number of piperazine rings is 1. The number of hydrogen-bond acceptors (Lipinski definition) is 9. The predicted molar refractivity (Wildman–Crippen MR) is 166 cm³/mol. The number of alkyl halides is 1. The lowest BCUT2D eigenvalue weighted by Crippen LogP contribution is -2.57. The Morgan fingerprint density at radius 1 is 1.14 bits per heavy atom. The van der Waals surface area contributed by atoms with Crippen LogP contribution in [0.5, 0.6) is 0 Å². The highest BCUT2D eigenvalue weighted by molar-refractivity contribution is 7.16. The van der Waals surface area contributed by atoms with E-state index in [4.69, 9.17) is 4.98 Å². The maximum atomic E-state index is 13.5. The Kier molecular flexibility index (Phi) is 8.31. The number of β-amino-alcohol motifs (C(OH)–C–C–N with tert-alkyl or cyclic N) is 1. The van der Waals surface area contributed by atoms with E-state index in [1.54, 1.807) is 41.2 Å². The quantitative estimate of drug-likeness (QED) is 0.321. The van der Waals surface area contributed by atoms with E-state index in [9.17, 15) is 28.7 Å². The Balaban J connectivity index is 1.30. The molecular formula is C31H31F2N7O3S. The third-order valence-corrected chi connectivity index (χ3v) is 9.21. The van der Waals surface area contributed by atoms with Crippen molar-refractivity contribution in [1.82, 2.24) is 19.4 Å². The number of aryl methyl sites for hydroxylation is 1. The van der Waals surface area contributed by atoms with Crippen molar-refractivity contribution < 1.29 is 18.7 Å². The molecule has 2 aromatic heterocycles. The lowest BCUT2D eigenvalue weighted by Gasteiger charge is -2.39. The monoisotopic (exact) mass is 619 g/mol. The van der Waals surface area contributed by atoms with Crippen molar-refractivity contribution in [3.05, 3.63) is 69.7 Å². The molecule has 4 heterocycles. The highest BCUT2D eigenvalue weighted by Crippen LogP contribution is 2.38. The zero-order chi connectivity index (χ0) is 31.0. The van der Waals surface area contributed by atoms with Gasteiger partial charge < -0.3 is 24.4 Å².